The molecule has 8 rings (SSSR count). The minimum absolute atomic E-state index is 0.578. The lowest BCUT2D eigenvalue weighted by molar-refractivity contribution is -0.690. The molecular formula is C24H24N+. The van der Waals surface area contributed by atoms with Gasteiger partial charge in [-0.05, 0) is 59.6 Å². The Labute approximate surface area is 150 Å². The average Bonchev–Trinajstić information content (AvgIpc) is 2.64. The molecule has 1 aromatic heterocycles. The van der Waals surface area contributed by atoms with Gasteiger partial charge in [-0.25, -0.2) is 0 Å². The molecule has 0 amide bonds. The summed E-state index contributed by atoms with van der Waals surface area (Å²) in [6.07, 6.45) is 6.75. The van der Waals surface area contributed by atoms with E-state index in [2.05, 4.69) is 72.3 Å². The Morgan fingerprint density at radius 1 is 0.760 bits per heavy atom. The monoisotopic (exact) mass is 326 g/mol. The van der Waals surface area contributed by atoms with E-state index in [0.717, 1.165) is 32.2 Å². The minimum atomic E-state index is 0.578. The van der Waals surface area contributed by atoms with E-state index in [-0.39, 0.29) is 0 Å². The van der Waals surface area contributed by atoms with E-state index in [0.29, 0.717) is 5.92 Å². The van der Waals surface area contributed by atoms with Crippen molar-refractivity contribution < 1.29 is 4.57 Å². The maximum Gasteiger partial charge on any atom is 0.213 e. The van der Waals surface area contributed by atoms with Gasteiger partial charge in [0, 0.05) is 18.1 Å². The Morgan fingerprint density at radius 2 is 1.44 bits per heavy atom. The second-order valence-electron chi connectivity index (χ2n) is 7.63. The molecule has 0 saturated heterocycles. The number of aromatic nitrogens is 1. The van der Waals surface area contributed by atoms with Gasteiger partial charge in [0.05, 0.1) is 5.56 Å². The van der Waals surface area contributed by atoms with Crippen molar-refractivity contribution in [2.75, 3.05) is 0 Å². The fourth-order valence-corrected chi connectivity index (χ4v) is 4.68. The van der Waals surface area contributed by atoms with Crippen molar-refractivity contribution >= 4 is 0 Å². The van der Waals surface area contributed by atoms with Crippen LogP contribution in [0.2, 0.25) is 0 Å². The Hall–Kier alpha value is -2.41. The topological polar surface area (TPSA) is 3.88 Å². The van der Waals surface area contributed by atoms with Gasteiger partial charge in [0.15, 0.2) is 12.7 Å². The van der Waals surface area contributed by atoms with Crippen LogP contribution >= 0.6 is 0 Å². The van der Waals surface area contributed by atoms with E-state index >= 15 is 0 Å². The number of fused-ring (bicyclic) bond motifs is 1. The number of pyridine rings is 1. The third-order valence-electron chi connectivity index (χ3n) is 5.97. The molecule has 4 bridgehead atoms. The van der Waals surface area contributed by atoms with Crippen molar-refractivity contribution in [3.05, 3.63) is 88.6 Å². The van der Waals surface area contributed by atoms with Crippen LogP contribution in [0.5, 0.6) is 0 Å². The van der Waals surface area contributed by atoms with Crippen molar-refractivity contribution in [3.8, 4) is 11.3 Å². The van der Waals surface area contributed by atoms with Gasteiger partial charge in [-0.15, -0.1) is 0 Å². The summed E-state index contributed by atoms with van der Waals surface area (Å²) in [6.45, 7) is 3.49. The molecule has 2 aromatic carbocycles. The molecule has 1 nitrogen and oxygen atoms in total. The van der Waals surface area contributed by atoms with E-state index < -0.39 is 0 Å². The summed E-state index contributed by atoms with van der Waals surface area (Å²) in [4.78, 5) is 0. The molecule has 5 aliphatic rings. The highest BCUT2D eigenvalue weighted by molar-refractivity contribution is 5.69. The van der Waals surface area contributed by atoms with Gasteiger partial charge in [-0.2, -0.15) is 4.57 Å². The maximum absolute atomic E-state index is 2.44. The van der Waals surface area contributed by atoms with Gasteiger partial charge in [0.2, 0.25) is 5.69 Å². The second-order valence-corrected chi connectivity index (χ2v) is 7.63. The standard InChI is InChI=1S/C24H24N/c1-17-16-25-15-3-2-4-22(25)24-21-12-10-19-7-5-18(6-8-19)9-11-20(13-14-21)23(17)24/h2-8,13-15,17H,9-12,16H2,1H3/q+1. The highest BCUT2D eigenvalue weighted by Crippen LogP contribution is 2.38. The molecule has 124 valence electrons. The number of aryl methyl sites for hydroxylation is 4. The zero-order valence-corrected chi connectivity index (χ0v) is 14.8. The number of hydrogen-bond donors (Lipinski definition) is 0. The highest BCUT2D eigenvalue weighted by atomic mass is 15.0. The summed E-state index contributed by atoms with van der Waals surface area (Å²) in [5.41, 5.74) is 10.5. The third-order valence-corrected chi connectivity index (χ3v) is 5.97. The molecular weight excluding hydrogens is 302 g/mol. The van der Waals surface area contributed by atoms with E-state index in [1.807, 2.05) is 0 Å². The van der Waals surface area contributed by atoms with Crippen LogP contribution in [0.15, 0.2) is 60.8 Å². The molecule has 25 heavy (non-hydrogen) atoms. The second kappa shape index (κ2) is 5.84. The summed E-state index contributed by atoms with van der Waals surface area (Å²) in [6, 6.07) is 20.7. The lowest BCUT2D eigenvalue weighted by Crippen LogP contribution is -2.42. The smallest absolute Gasteiger partial charge is 0.198 e. The van der Waals surface area contributed by atoms with Crippen LogP contribution in [0.3, 0.4) is 0 Å². The van der Waals surface area contributed by atoms with Crippen LogP contribution in [0, 0.1) is 0 Å². The van der Waals surface area contributed by atoms with E-state index in [4.69, 9.17) is 0 Å². The highest BCUT2D eigenvalue weighted by Gasteiger charge is 2.31. The lowest BCUT2D eigenvalue weighted by atomic mass is 9.80. The summed E-state index contributed by atoms with van der Waals surface area (Å²) < 4.78 is 2.44. The van der Waals surface area contributed by atoms with Gasteiger partial charge >= 0.3 is 0 Å². The average molecular weight is 326 g/mol. The minimum Gasteiger partial charge on any atom is -0.198 e. The fraction of sp³-hybridized carbons (Fsp3) is 0.292. The molecule has 0 spiro atoms. The van der Waals surface area contributed by atoms with Gasteiger partial charge in [-0.3, -0.25) is 0 Å². The van der Waals surface area contributed by atoms with Crippen LogP contribution in [0.1, 0.15) is 40.7 Å². The van der Waals surface area contributed by atoms with Crippen LogP contribution in [-0.4, -0.2) is 0 Å². The third kappa shape index (κ3) is 2.50. The van der Waals surface area contributed by atoms with Gasteiger partial charge in [0.25, 0.3) is 0 Å². The Kier molecular flexibility index (Phi) is 3.48. The van der Waals surface area contributed by atoms with Crippen molar-refractivity contribution in [1.82, 2.24) is 0 Å². The van der Waals surface area contributed by atoms with Crippen LogP contribution in [0.4, 0.5) is 0 Å². The van der Waals surface area contributed by atoms with Gasteiger partial charge in [-0.1, -0.05) is 43.3 Å². The van der Waals surface area contributed by atoms with Crippen LogP contribution in [0.25, 0.3) is 11.3 Å². The molecule has 1 unspecified atom stereocenters. The predicted octanol–water partition coefficient (Wildman–Crippen LogP) is 4.64. The van der Waals surface area contributed by atoms with Gasteiger partial charge in [0.1, 0.15) is 0 Å². The molecule has 0 saturated carbocycles. The van der Waals surface area contributed by atoms with Crippen molar-refractivity contribution in [2.24, 2.45) is 0 Å². The normalized spacial score (nSPS) is 18.2. The van der Waals surface area contributed by atoms with E-state index in [1.165, 1.54) is 27.9 Å². The molecule has 3 aromatic rings. The summed E-state index contributed by atoms with van der Waals surface area (Å²) in [5.74, 6) is 0.578. The Balaban J connectivity index is 1.73. The predicted molar refractivity (Wildman–Crippen MR) is 102 cm³/mol. The van der Waals surface area contributed by atoms with Crippen molar-refractivity contribution in [1.29, 1.82) is 0 Å². The molecule has 0 fully saturated rings. The van der Waals surface area contributed by atoms with E-state index in [1.54, 1.807) is 11.1 Å². The fourth-order valence-electron chi connectivity index (χ4n) is 4.68. The SMILES string of the molecule is CC1C[n+]2ccccc2-c2c3ccc(c21)CCc1ccc(cc1)CC3. The summed E-state index contributed by atoms with van der Waals surface area (Å²) >= 11 is 0. The molecule has 2 heterocycles. The first-order chi connectivity index (χ1) is 12.3. The number of rotatable bonds is 0. The Bertz CT molecular complexity index is 937. The molecule has 0 N–H and O–H groups in total. The summed E-state index contributed by atoms with van der Waals surface area (Å²) in [5, 5.41) is 0. The number of benzene rings is 2. The first kappa shape index (κ1) is 14.9. The quantitative estimate of drug-likeness (QED) is 0.530. The molecule has 0 radical (unpaired) electrons. The Morgan fingerprint density at radius 3 is 2.20 bits per heavy atom. The number of nitrogens with zero attached hydrogens (tertiary/aromatic N) is 1. The lowest BCUT2D eigenvalue weighted by Gasteiger charge is -2.26. The van der Waals surface area contributed by atoms with Crippen molar-refractivity contribution in [3.63, 3.8) is 0 Å². The van der Waals surface area contributed by atoms with Crippen LogP contribution in [-0.2, 0) is 32.2 Å². The summed E-state index contributed by atoms with van der Waals surface area (Å²) in [7, 11) is 0. The van der Waals surface area contributed by atoms with E-state index in [9.17, 15) is 0 Å². The zero-order chi connectivity index (χ0) is 16.8. The van der Waals surface area contributed by atoms with Crippen LogP contribution < -0.4 is 4.57 Å². The molecule has 1 aliphatic heterocycles. The first-order valence-corrected chi connectivity index (χ1v) is 9.51. The van der Waals surface area contributed by atoms with Gasteiger partial charge < -0.3 is 0 Å². The molecule has 4 aliphatic carbocycles. The molecule has 1 heteroatoms. The number of hydrogen-bond acceptors (Lipinski definition) is 0. The zero-order valence-electron chi connectivity index (χ0n) is 14.8. The van der Waals surface area contributed by atoms with Crippen molar-refractivity contribution in [2.45, 2.75) is 45.1 Å². The molecule has 1 atom stereocenters. The first-order valence-electron chi connectivity index (χ1n) is 9.51. The maximum atomic E-state index is 2.44. The largest absolute Gasteiger partial charge is 0.213 e.